The Morgan fingerprint density at radius 3 is 2.81 bits per heavy atom. The molecule has 0 unspecified atom stereocenters. The maximum Gasteiger partial charge on any atom is 0.240 e. The Bertz CT molecular complexity index is 729. The fourth-order valence-corrected chi connectivity index (χ4v) is 3.03. The van der Waals surface area contributed by atoms with Crippen LogP contribution in [0.1, 0.15) is 11.4 Å². The summed E-state index contributed by atoms with van der Waals surface area (Å²) in [5, 5.41) is 4.53. The van der Waals surface area contributed by atoms with Crippen molar-refractivity contribution < 1.29 is 8.42 Å². The standard InChI is InChI=1S/C12H16ClN5O2S/c1-18-8-15-12(17-18)4-5-16-21(19,20)10-2-3-11(13)9(6-10)7-14/h2-3,6,8,16H,4-5,7,14H2,1H3. The number of halogens is 1. The zero-order chi connectivity index (χ0) is 15.5. The number of aryl methyl sites for hydroxylation is 1. The fourth-order valence-electron chi connectivity index (χ4n) is 1.75. The molecule has 2 rings (SSSR count). The van der Waals surface area contributed by atoms with Gasteiger partial charge in [0.05, 0.1) is 4.90 Å². The fraction of sp³-hybridized carbons (Fsp3) is 0.333. The lowest BCUT2D eigenvalue weighted by Crippen LogP contribution is -2.26. The molecule has 9 heteroatoms. The van der Waals surface area contributed by atoms with Crippen LogP contribution >= 0.6 is 11.6 Å². The summed E-state index contributed by atoms with van der Waals surface area (Å²) in [6.45, 7) is 0.396. The Balaban J connectivity index is 2.04. The van der Waals surface area contributed by atoms with Crippen LogP contribution in [-0.2, 0) is 30.0 Å². The van der Waals surface area contributed by atoms with Crippen molar-refractivity contribution in [2.75, 3.05) is 6.54 Å². The molecule has 0 radical (unpaired) electrons. The van der Waals surface area contributed by atoms with Crippen LogP contribution in [0, 0.1) is 0 Å². The molecule has 0 aliphatic rings. The SMILES string of the molecule is Cn1cnc(CCNS(=O)(=O)c2ccc(Cl)c(CN)c2)n1. The van der Waals surface area contributed by atoms with Crippen molar-refractivity contribution in [2.45, 2.75) is 17.9 Å². The zero-order valence-corrected chi connectivity index (χ0v) is 13.0. The molecule has 7 nitrogen and oxygen atoms in total. The third-order valence-electron chi connectivity index (χ3n) is 2.84. The molecule has 2 aromatic rings. The molecule has 21 heavy (non-hydrogen) atoms. The monoisotopic (exact) mass is 329 g/mol. The Morgan fingerprint density at radius 2 is 2.19 bits per heavy atom. The highest BCUT2D eigenvalue weighted by Gasteiger charge is 2.15. The summed E-state index contributed by atoms with van der Waals surface area (Å²) in [7, 11) is -1.85. The van der Waals surface area contributed by atoms with Crippen LogP contribution < -0.4 is 10.5 Å². The van der Waals surface area contributed by atoms with Gasteiger partial charge in [0.1, 0.15) is 6.33 Å². The Labute approximate surface area is 128 Å². The van der Waals surface area contributed by atoms with E-state index in [0.29, 0.717) is 22.8 Å². The van der Waals surface area contributed by atoms with Crippen molar-refractivity contribution in [3.8, 4) is 0 Å². The van der Waals surface area contributed by atoms with E-state index in [4.69, 9.17) is 17.3 Å². The van der Waals surface area contributed by atoms with Gasteiger partial charge in [0, 0.05) is 31.6 Å². The van der Waals surface area contributed by atoms with Gasteiger partial charge in [-0.05, 0) is 23.8 Å². The molecule has 0 spiro atoms. The summed E-state index contributed by atoms with van der Waals surface area (Å²) in [5.41, 5.74) is 6.11. The number of hydrogen-bond acceptors (Lipinski definition) is 5. The van der Waals surface area contributed by atoms with Gasteiger partial charge in [-0.3, -0.25) is 4.68 Å². The highest BCUT2D eigenvalue weighted by atomic mass is 35.5. The van der Waals surface area contributed by atoms with Gasteiger partial charge in [-0.1, -0.05) is 11.6 Å². The van der Waals surface area contributed by atoms with Crippen molar-refractivity contribution in [3.05, 3.63) is 40.9 Å². The lowest BCUT2D eigenvalue weighted by molar-refractivity contribution is 0.580. The summed E-state index contributed by atoms with van der Waals surface area (Å²) in [6, 6.07) is 4.45. The largest absolute Gasteiger partial charge is 0.326 e. The number of benzene rings is 1. The Kier molecular flexibility index (Phi) is 4.94. The number of hydrogen-bond donors (Lipinski definition) is 2. The minimum absolute atomic E-state index is 0.140. The smallest absolute Gasteiger partial charge is 0.240 e. The molecule has 1 heterocycles. The van der Waals surface area contributed by atoms with Crippen molar-refractivity contribution in [1.29, 1.82) is 0 Å². The second-order valence-corrected chi connectivity index (χ2v) is 6.61. The molecule has 0 aliphatic carbocycles. The van der Waals surface area contributed by atoms with Gasteiger partial charge in [0.2, 0.25) is 10.0 Å². The number of rotatable bonds is 6. The van der Waals surface area contributed by atoms with E-state index < -0.39 is 10.0 Å². The molecule has 0 amide bonds. The van der Waals surface area contributed by atoms with E-state index in [-0.39, 0.29) is 18.0 Å². The van der Waals surface area contributed by atoms with Crippen molar-refractivity contribution in [3.63, 3.8) is 0 Å². The van der Waals surface area contributed by atoms with E-state index >= 15 is 0 Å². The number of nitrogens with zero attached hydrogens (tertiary/aromatic N) is 3. The molecule has 1 aromatic heterocycles. The highest BCUT2D eigenvalue weighted by molar-refractivity contribution is 7.89. The van der Waals surface area contributed by atoms with E-state index in [0.717, 1.165) is 0 Å². The lowest BCUT2D eigenvalue weighted by atomic mass is 10.2. The van der Waals surface area contributed by atoms with Gasteiger partial charge in [-0.25, -0.2) is 18.1 Å². The first-order valence-electron chi connectivity index (χ1n) is 6.25. The van der Waals surface area contributed by atoms with Crippen molar-refractivity contribution >= 4 is 21.6 Å². The van der Waals surface area contributed by atoms with E-state index in [1.54, 1.807) is 18.1 Å². The third kappa shape index (κ3) is 4.01. The first-order valence-corrected chi connectivity index (χ1v) is 8.11. The quantitative estimate of drug-likeness (QED) is 0.801. The van der Waals surface area contributed by atoms with E-state index in [1.807, 2.05) is 0 Å². The molecule has 0 saturated heterocycles. The van der Waals surface area contributed by atoms with Crippen LogP contribution in [0.5, 0.6) is 0 Å². The van der Waals surface area contributed by atoms with Crippen molar-refractivity contribution in [1.82, 2.24) is 19.5 Å². The topological polar surface area (TPSA) is 103 Å². The molecule has 0 fully saturated rings. The highest BCUT2D eigenvalue weighted by Crippen LogP contribution is 2.19. The van der Waals surface area contributed by atoms with Gasteiger partial charge in [0.25, 0.3) is 0 Å². The van der Waals surface area contributed by atoms with Crippen LogP contribution in [-0.4, -0.2) is 29.7 Å². The zero-order valence-electron chi connectivity index (χ0n) is 11.5. The van der Waals surface area contributed by atoms with Crippen molar-refractivity contribution in [2.24, 2.45) is 12.8 Å². The molecule has 0 atom stereocenters. The first kappa shape index (κ1) is 15.9. The summed E-state index contributed by atoms with van der Waals surface area (Å²) >= 11 is 5.92. The minimum atomic E-state index is -3.60. The van der Waals surface area contributed by atoms with Crippen LogP contribution in [0.4, 0.5) is 0 Å². The number of sulfonamides is 1. The molecule has 3 N–H and O–H groups in total. The average molecular weight is 330 g/mol. The van der Waals surface area contributed by atoms with Gasteiger partial charge < -0.3 is 5.73 Å². The van der Waals surface area contributed by atoms with Crippen LogP contribution in [0.15, 0.2) is 29.4 Å². The minimum Gasteiger partial charge on any atom is -0.326 e. The average Bonchev–Trinajstić information content (AvgIpc) is 2.84. The number of nitrogens with one attached hydrogen (secondary N) is 1. The second kappa shape index (κ2) is 6.52. The molecule has 0 bridgehead atoms. The molecule has 114 valence electrons. The van der Waals surface area contributed by atoms with Crippen LogP contribution in [0.2, 0.25) is 5.02 Å². The molecule has 0 aliphatic heterocycles. The lowest BCUT2D eigenvalue weighted by Gasteiger charge is -2.08. The summed E-state index contributed by atoms with van der Waals surface area (Å²) < 4.78 is 28.4. The molecular formula is C12H16ClN5O2S. The van der Waals surface area contributed by atoms with Gasteiger partial charge >= 0.3 is 0 Å². The summed E-state index contributed by atoms with van der Waals surface area (Å²) in [6.07, 6.45) is 1.98. The van der Waals surface area contributed by atoms with Gasteiger partial charge in [-0.15, -0.1) is 0 Å². The van der Waals surface area contributed by atoms with E-state index in [9.17, 15) is 8.42 Å². The second-order valence-electron chi connectivity index (χ2n) is 4.44. The van der Waals surface area contributed by atoms with E-state index in [1.165, 1.54) is 18.2 Å². The molecular weight excluding hydrogens is 314 g/mol. The molecule has 1 aromatic carbocycles. The van der Waals surface area contributed by atoms with Gasteiger partial charge in [0.15, 0.2) is 5.82 Å². The Hall–Kier alpha value is -1.48. The maximum atomic E-state index is 12.2. The van der Waals surface area contributed by atoms with E-state index in [2.05, 4.69) is 14.8 Å². The van der Waals surface area contributed by atoms with Crippen LogP contribution in [0.3, 0.4) is 0 Å². The first-order chi connectivity index (χ1) is 9.92. The normalized spacial score (nSPS) is 11.8. The summed E-state index contributed by atoms with van der Waals surface area (Å²) in [4.78, 5) is 4.17. The predicted octanol–water partition coefficient (Wildman–Crippen LogP) is 0.448. The molecule has 0 saturated carbocycles. The summed E-state index contributed by atoms with van der Waals surface area (Å²) in [5.74, 6) is 0.582. The van der Waals surface area contributed by atoms with Crippen LogP contribution in [0.25, 0.3) is 0 Å². The third-order valence-corrected chi connectivity index (χ3v) is 4.66. The van der Waals surface area contributed by atoms with Gasteiger partial charge in [-0.2, -0.15) is 5.10 Å². The number of nitrogens with two attached hydrogens (primary N) is 1. The Morgan fingerprint density at radius 1 is 1.43 bits per heavy atom. The maximum absolute atomic E-state index is 12.2. The number of aromatic nitrogens is 3. The predicted molar refractivity (Wildman–Crippen MR) is 79.2 cm³/mol.